The molecule has 3 heterocycles. The van der Waals surface area contributed by atoms with Crippen LogP contribution in [0, 0.1) is 11.3 Å². The summed E-state index contributed by atoms with van der Waals surface area (Å²) in [4.78, 5) is 35.3. The first-order chi connectivity index (χ1) is 13.9. The first kappa shape index (κ1) is 20.0. The molecule has 0 spiro atoms. The number of pyridine rings is 1. The monoisotopic (exact) mass is 392 g/mol. The van der Waals surface area contributed by atoms with Gasteiger partial charge in [-0.2, -0.15) is 5.26 Å². The van der Waals surface area contributed by atoms with Crippen LogP contribution in [0.3, 0.4) is 0 Å². The number of carbonyl (C=O) groups is 1. The van der Waals surface area contributed by atoms with E-state index in [1.807, 2.05) is 13.8 Å². The van der Waals surface area contributed by atoms with Crippen LogP contribution in [0.5, 0.6) is 0 Å². The number of H-pyrrole nitrogens is 1. The van der Waals surface area contributed by atoms with E-state index in [0.717, 1.165) is 0 Å². The minimum absolute atomic E-state index is 0.0842. The molecule has 0 saturated heterocycles. The molecule has 3 aromatic rings. The molecule has 1 amide bonds. The lowest BCUT2D eigenvalue weighted by Gasteiger charge is -2.10. The number of rotatable bonds is 7. The van der Waals surface area contributed by atoms with E-state index in [2.05, 4.69) is 15.0 Å². The largest absolute Gasteiger partial charge is 0.377 e. The first-order valence-corrected chi connectivity index (χ1v) is 8.97. The van der Waals surface area contributed by atoms with Crippen molar-refractivity contribution in [3.8, 4) is 17.3 Å². The van der Waals surface area contributed by atoms with Gasteiger partial charge in [-0.25, -0.2) is 9.97 Å². The van der Waals surface area contributed by atoms with Crippen molar-refractivity contribution >= 4 is 23.1 Å². The van der Waals surface area contributed by atoms with Crippen molar-refractivity contribution in [3.63, 3.8) is 0 Å². The zero-order valence-electron chi connectivity index (χ0n) is 16.0. The first-order valence-electron chi connectivity index (χ1n) is 8.97. The van der Waals surface area contributed by atoms with Gasteiger partial charge in [0.05, 0.1) is 24.6 Å². The normalized spacial score (nSPS) is 11.7. The maximum absolute atomic E-state index is 12.1. The summed E-state index contributed by atoms with van der Waals surface area (Å²) >= 11 is 0. The Kier molecular flexibility index (Phi) is 5.85. The number of primary amides is 1. The van der Waals surface area contributed by atoms with Crippen molar-refractivity contribution < 1.29 is 9.53 Å². The SMILES string of the molecule is CC(C)OCCn1cc(-c2cnc3[nH]cc(/C=C(\C#N)C(N)=O)c3n2)ccc1=O. The van der Waals surface area contributed by atoms with Crippen LogP contribution in [0.25, 0.3) is 28.5 Å². The molecule has 3 aromatic heterocycles. The number of amides is 1. The Morgan fingerprint density at radius 2 is 2.24 bits per heavy atom. The number of nitrogens with one attached hydrogen (secondary N) is 1. The van der Waals surface area contributed by atoms with Gasteiger partial charge in [-0.05, 0) is 26.0 Å². The van der Waals surface area contributed by atoms with E-state index in [0.29, 0.717) is 41.1 Å². The maximum Gasteiger partial charge on any atom is 0.259 e. The highest BCUT2D eigenvalue weighted by molar-refractivity contribution is 6.02. The number of nitrogens with zero attached hydrogens (tertiary/aromatic N) is 4. The number of carbonyl (C=O) groups excluding carboxylic acids is 1. The Bertz CT molecular complexity index is 1180. The molecule has 0 atom stereocenters. The molecule has 0 aliphatic heterocycles. The number of hydrogen-bond acceptors (Lipinski definition) is 6. The van der Waals surface area contributed by atoms with Gasteiger partial charge in [-0.1, -0.05) is 0 Å². The number of aromatic amines is 1. The predicted octanol–water partition coefficient (Wildman–Crippen LogP) is 1.60. The third-order valence-corrected chi connectivity index (χ3v) is 4.16. The summed E-state index contributed by atoms with van der Waals surface area (Å²) in [6.07, 6.45) is 6.33. The minimum atomic E-state index is -0.818. The van der Waals surface area contributed by atoms with Crippen LogP contribution in [-0.2, 0) is 16.1 Å². The van der Waals surface area contributed by atoms with Crippen LogP contribution in [0.15, 0.2) is 41.1 Å². The van der Waals surface area contributed by atoms with Gasteiger partial charge < -0.3 is 20.0 Å². The molecule has 9 heteroatoms. The van der Waals surface area contributed by atoms with E-state index in [-0.39, 0.29) is 17.2 Å². The fourth-order valence-electron chi connectivity index (χ4n) is 2.72. The Labute approximate surface area is 166 Å². The lowest BCUT2D eigenvalue weighted by molar-refractivity contribution is -0.114. The topological polar surface area (TPSA) is 140 Å². The molecule has 0 bridgehead atoms. The smallest absolute Gasteiger partial charge is 0.259 e. The third-order valence-electron chi connectivity index (χ3n) is 4.16. The number of aromatic nitrogens is 4. The molecular formula is C20H20N6O3. The third kappa shape index (κ3) is 4.56. The molecule has 9 nitrogen and oxygen atoms in total. The zero-order valence-corrected chi connectivity index (χ0v) is 16.0. The zero-order chi connectivity index (χ0) is 21.0. The Hall–Kier alpha value is -3.77. The van der Waals surface area contributed by atoms with Gasteiger partial charge in [0.2, 0.25) is 0 Å². The fourth-order valence-corrected chi connectivity index (χ4v) is 2.72. The number of nitrogens with two attached hydrogens (primary N) is 1. The van der Waals surface area contributed by atoms with Crippen LogP contribution in [0.4, 0.5) is 0 Å². The molecule has 29 heavy (non-hydrogen) atoms. The van der Waals surface area contributed by atoms with Gasteiger partial charge >= 0.3 is 0 Å². The summed E-state index contributed by atoms with van der Waals surface area (Å²) < 4.78 is 7.07. The van der Waals surface area contributed by atoms with Crippen molar-refractivity contribution in [1.82, 2.24) is 19.5 Å². The summed E-state index contributed by atoms with van der Waals surface area (Å²) in [5.74, 6) is -0.818. The van der Waals surface area contributed by atoms with Gasteiger partial charge in [0.1, 0.15) is 17.2 Å². The Morgan fingerprint density at radius 3 is 2.93 bits per heavy atom. The summed E-state index contributed by atoms with van der Waals surface area (Å²) in [5, 5.41) is 9.05. The fraction of sp³-hybridized carbons (Fsp3) is 0.250. The molecule has 0 unspecified atom stereocenters. The standard InChI is InChI=1S/C20H20N6O3/c1-12(2)29-6-5-26-11-13(3-4-17(26)27)16-10-24-20-18(25-16)15(9-23-20)7-14(8-21)19(22)28/h3-4,7,9-12H,5-6H2,1-2H3,(H2,22,28)(H,23,24)/b14-7+. The average molecular weight is 392 g/mol. The second kappa shape index (κ2) is 8.50. The molecule has 0 aliphatic carbocycles. The quantitative estimate of drug-likeness (QED) is 0.462. The Balaban J connectivity index is 1.98. The number of fused-ring (bicyclic) bond motifs is 1. The average Bonchev–Trinajstić information content (AvgIpc) is 3.09. The van der Waals surface area contributed by atoms with Crippen LogP contribution in [0.2, 0.25) is 0 Å². The van der Waals surface area contributed by atoms with Gasteiger partial charge in [0.25, 0.3) is 11.5 Å². The summed E-state index contributed by atoms with van der Waals surface area (Å²) in [6, 6.07) is 4.91. The molecule has 0 aliphatic rings. The van der Waals surface area contributed by atoms with Crippen LogP contribution < -0.4 is 11.3 Å². The minimum Gasteiger partial charge on any atom is -0.377 e. The molecule has 3 rings (SSSR count). The van der Waals surface area contributed by atoms with E-state index < -0.39 is 5.91 Å². The molecule has 0 radical (unpaired) electrons. The maximum atomic E-state index is 12.1. The highest BCUT2D eigenvalue weighted by Gasteiger charge is 2.11. The number of hydrogen-bond donors (Lipinski definition) is 2. The van der Waals surface area contributed by atoms with E-state index in [9.17, 15) is 9.59 Å². The van der Waals surface area contributed by atoms with E-state index in [4.69, 9.17) is 15.7 Å². The number of nitriles is 1. The number of ether oxygens (including phenoxy) is 1. The van der Waals surface area contributed by atoms with Gasteiger partial charge in [-0.15, -0.1) is 0 Å². The van der Waals surface area contributed by atoms with Crippen LogP contribution in [-0.4, -0.2) is 38.1 Å². The van der Waals surface area contributed by atoms with Crippen LogP contribution >= 0.6 is 0 Å². The molecule has 0 fully saturated rings. The molecule has 0 aromatic carbocycles. The van der Waals surface area contributed by atoms with Crippen molar-refractivity contribution in [3.05, 3.63) is 52.2 Å². The van der Waals surface area contributed by atoms with Crippen molar-refractivity contribution in [1.29, 1.82) is 5.26 Å². The summed E-state index contributed by atoms with van der Waals surface area (Å²) in [7, 11) is 0. The van der Waals surface area contributed by atoms with E-state index in [1.165, 1.54) is 12.1 Å². The van der Waals surface area contributed by atoms with Crippen molar-refractivity contribution in [2.24, 2.45) is 5.73 Å². The molecule has 0 saturated carbocycles. The van der Waals surface area contributed by atoms with Gasteiger partial charge in [0.15, 0.2) is 5.65 Å². The molecular weight excluding hydrogens is 372 g/mol. The van der Waals surface area contributed by atoms with Gasteiger partial charge in [-0.3, -0.25) is 9.59 Å². The second-order valence-corrected chi connectivity index (χ2v) is 6.60. The lowest BCUT2D eigenvalue weighted by Crippen LogP contribution is -2.22. The van der Waals surface area contributed by atoms with E-state index >= 15 is 0 Å². The van der Waals surface area contributed by atoms with E-state index in [1.54, 1.807) is 35.3 Å². The summed E-state index contributed by atoms with van der Waals surface area (Å²) in [6.45, 7) is 4.71. The highest BCUT2D eigenvalue weighted by Crippen LogP contribution is 2.22. The van der Waals surface area contributed by atoms with Crippen molar-refractivity contribution in [2.45, 2.75) is 26.5 Å². The predicted molar refractivity (Wildman–Crippen MR) is 107 cm³/mol. The highest BCUT2D eigenvalue weighted by atomic mass is 16.5. The van der Waals surface area contributed by atoms with Gasteiger partial charge in [0, 0.05) is 36.1 Å². The van der Waals surface area contributed by atoms with Crippen LogP contribution in [0.1, 0.15) is 19.4 Å². The second-order valence-electron chi connectivity index (χ2n) is 6.60. The summed E-state index contributed by atoms with van der Waals surface area (Å²) in [5.41, 5.74) is 7.63. The molecule has 3 N–H and O–H groups in total. The molecule has 148 valence electrons. The lowest BCUT2D eigenvalue weighted by atomic mass is 10.1. The Morgan fingerprint density at radius 1 is 1.45 bits per heavy atom. The van der Waals surface area contributed by atoms with Crippen molar-refractivity contribution in [2.75, 3.05) is 6.61 Å².